The molecule has 0 aromatic heterocycles. The van der Waals surface area contributed by atoms with Crippen molar-refractivity contribution in [1.82, 2.24) is 4.72 Å². The molecule has 0 atom stereocenters. The summed E-state index contributed by atoms with van der Waals surface area (Å²) in [5.74, 6) is 0.693. The second-order valence-electron chi connectivity index (χ2n) is 3.88. The third-order valence-corrected chi connectivity index (χ3v) is 3.91. The van der Waals surface area contributed by atoms with Crippen LogP contribution < -0.4 is 9.46 Å². The Kier molecular flexibility index (Phi) is 6.11. The zero-order valence-electron chi connectivity index (χ0n) is 10.4. The van der Waals surface area contributed by atoms with E-state index in [1.165, 1.54) is 0 Å². The maximum absolute atomic E-state index is 11.6. The highest BCUT2D eigenvalue weighted by molar-refractivity contribution is 7.89. The van der Waals surface area contributed by atoms with Crippen LogP contribution in [0.25, 0.3) is 0 Å². The van der Waals surface area contributed by atoms with E-state index < -0.39 is 10.0 Å². The van der Waals surface area contributed by atoms with E-state index in [9.17, 15) is 8.42 Å². The average Bonchev–Trinajstić information content (AvgIpc) is 2.37. The number of ether oxygens (including phenoxy) is 1. The molecule has 0 aliphatic heterocycles. The van der Waals surface area contributed by atoms with Crippen LogP contribution in [-0.2, 0) is 16.6 Å². The second kappa shape index (κ2) is 7.35. The molecule has 0 spiro atoms. The van der Waals surface area contributed by atoms with Crippen molar-refractivity contribution in [1.29, 1.82) is 0 Å². The van der Waals surface area contributed by atoms with Crippen LogP contribution in [0.15, 0.2) is 24.3 Å². The molecular formula is C12H19NO4S. The van der Waals surface area contributed by atoms with E-state index in [0.29, 0.717) is 18.6 Å². The van der Waals surface area contributed by atoms with Gasteiger partial charge in [-0.1, -0.05) is 18.2 Å². The van der Waals surface area contributed by atoms with Gasteiger partial charge in [0, 0.05) is 18.7 Å². The van der Waals surface area contributed by atoms with E-state index in [4.69, 9.17) is 9.84 Å². The molecule has 0 amide bonds. The van der Waals surface area contributed by atoms with Gasteiger partial charge >= 0.3 is 0 Å². The van der Waals surface area contributed by atoms with E-state index >= 15 is 0 Å². The summed E-state index contributed by atoms with van der Waals surface area (Å²) in [5.41, 5.74) is 0.797. The topological polar surface area (TPSA) is 75.6 Å². The first-order chi connectivity index (χ1) is 8.59. The number of hydrogen-bond donors (Lipinski definition) is 2. The monoisotopic (exact) mass is 273 g/mol. The average molecular weight is 273 g/mol. The largest absolute Gasteiger partial charge is 0.496 e. The zero-order valence-corrected chi connectivity index (χ0v) is 11.2. The van der Waals surface area contributed by atoms with Gasteiger partial charge in [0.1, 0.15) is 5.75 Å². The van der Waals surface area contributed by atoms with E-state index in [0.717, 1.165) is 5.56 Å². The molecular weight excluding hydrogens is 254 g/mol. The van der Waals surface area contributed by atoms with Crippen LogP contribution in [0.3, 0.4) is 0 Å². The normalized spacial score (nSPS) is 11.4. The Morgan fingerprint density at radius 1 is 1.28 bits per heavy atom. The van der Waals surface area contributed by atoms with Crippen LogP contribution in [0.4, 0.5) is 0 Å². The van der Waals surface area contributed by atoms with E-state index in [-0.39, 0.29) is 18.9 Å². The van der Waals surface area contributed by atoms with Gasteiger partial charge in [-0.25, -0.2) is 13.1 Å². The number of aliphatic hydroxyl groups excluding tert-OH is 1. The van der Waals surface area contributed by atoms with Crippen molar-refractivity contribution in [2.24, 2.45) is 0 Å². The lowest BCUT2D eigenvalue weighted by molar-refractivity contribution is 0.287. The second-order valence-corrected chi connectivity index (χ2v) is 5.81. The quantitative estimate of drug-likeness (QED) is 0.690. The van der Waals surface area contributed by atoms with Gasteiger partial charge in [-0.2, -0.15) is 0 Å². The van der Waals surface area contributed by atoms with Crippen molar-refractivity contribution in [2.45, 2.75) is 19.4 Å². The highest BCUT2D eigenvalue weighted by atomic mass is 32.2. The molecule has 102 valence electrons. The van der Waals surface area contributed by atoms with Gasteiger partial charge in [-0.15, -0.1) is 0 Å². The molecule has 1 aromatic carbocycles. The molecule has 0 saturated carbocycles. The first kappa shape index (κ1) is 14.9. The summed E-state index contributed by atoms with van der Waals surface area (Å²) >= 11 is 0. The van der Waals surface area contributed by atoms with E-state index in [1.54, 1.807) is 13.2 Å². The summed E-state index contributed by atoms with van der Waals surface area (Å²) in [7, 11) is -1.74. The van der Waals surface area contributed by atoms with Gasteiger partial charge in [0.05, 0.1) is 12.9 Å². The summed E-state index contributed by atoms with van der Waals surface area (Å²) < 4.78 is 31.0. The molecule has 0 saturated heterocycles. The van der Waals surface area contributed by atoms with Crippen molar-refractivity contribution >= 4 is 10.0 Å². The Bertz CT molecular complexity index is 459. The Labute approximate surface area is 108 Å². The molecule has 0 aliphatic rings. The lowest BCUT2D eigenvalue weighted by Crippen LogP contribution is -2.26. The summed E-state index contributed by atoms with van der Waals surface area (Å²) in [4.78, 5) is 0. The molecule has 1 aromatic rings. The third kappa shape index (κ3) is 5.03. The first-order valence-electron chi connectivity index (χ1n) is 5.79. The predicted molar refractivity (Wildman–Crippen MR) is 69.9 cm³/mol. The Morgan fingerprint density at radius 3 is 2.67 bits per heavy atom. The summed E-state index contributed by atoms with van der Waals surface area (Å²) in [6, 6.07) is 7.26. The van der Waals surface area contributed by atoms with Gasteiger partial charge in [-0.05, 0) is 18.9 Å². The molecule has 0 unspecified atom stereocenters. The highest BCUT2D eigenvalue weighted by Gasteiger charge is 2.10. The molecule has 1 rings (SSSR count). The lowest BCUT2D eigenvalue weighted by Gasteiger charge is -2.09. The van der Waals surface area contributed by atoms with Crippen LogP contribution in [0.2, 0.25) is 0 Å². The predicted octanol–water partition coefficient (Wildman–Crippen LogP) is 0.887. The molecule has 18 heavy (non-hydrogen) atoms. The maximum Gasteiger partial charge on any atom is 0.211 e. The van der Waals surface area contributed by atoms with Crippen molar-refractivity contribution < 1.29 is 18.3 Å². The summed E-state index contributed by atoms with van der Waals surface area (Å²) in [6.45, 7) is 0.230. The molecule has 0 bridgehead atoms. The standard InChI is InChI=1S/C12H19NO4S/c1-17-12-7-3-2-6-11(12)10-13-18(15,16)9-5-4-8-14/h2-3,6-7,13-14H,4-5,8-10H2,1H3. The lowest BCUT2D eigenvalue weighted by atomic mass is 10.2. The minimum Gasteiger partial charge on any atom is -0.496 e. The number of benzene rings is 1. The smallest absolute Gasteiger partial charge is 0.211 e. The van der Waals surface area contributed by atoms with Crippen molar-refractivity contribution in [3.8, 4) is 5.75 Å². The minimum atomic E-state index is -3.29. The molecule has 0 heterocycles. The fourth-order valence-corrected chi connectivity index (χ4v) is 2.62. The Hall–Kier alpha value is -1.11. The van der Waals surface area contributed by atoms with E-state index in [1.807, 2.05) is 18.2 Å². The number of nitrogens with one attached hydrogen (secondary N) is 1. The summed E-state index contributed by atoms with van der Waals surface area (Å²) in [6.07, 6.45) is 0.952. The number of unbranched alkanes of at least 4 members (excludes halogenated alkanes) is 1. The third-order valence-electron chi connectivity index (χ3n) is 2.50. The van der Waals surface area contributed by atoms with Gasteiger partial charge < -0.3 is 9.84 Å². The van der Waals surface area contributed by atoms with Gasteiger partial charge in [-0.3, -0.25) is 0 Å². The first-order valence-corrected chi connectivity index (χ1v) is 7.44. The molecule has 0 fully saturated rings. The molecule has 0 radical (unpaired) electrons. The number of aliphatic hydroxyl groups is 1. The number of hydrogen-bond acceptors (Lipinski definition) is 4. The maximum atomic E-state index is 11.6. The van der Waals surface area contributed by atoms with Crippen LogP contribution >= 0.6 is 0 Å². The van der Waals surface area contributed by atoms with Crippen LogP contribution in [0.5, 0.6) is 5.75 Å². The fraction of sp³-hybridized carbons (Fsp3) is 0.500. The minimum absolute atomic E-state index is 0.0159. The number of methoxy groups -OCH3 is 1. The molecule has 2 N–H and O–H groups in total. The van der Waals surface area contributed by atoms with Crippen LogP contribution in [-0.4, -0.2) is 33.0 Å². The summed E-state index contributed by atoms with van der Waals surface area (Å²) in [5, 5.41) is 8.61. The fourth-order valence-electron chi connectivity index (χ4n) is 1.51. The van der Waals surface area contributed by atoms with Crippen LogP contribution in [0.1, 0.15) is 18.4 Å². The Balaban J connectivity index is 2.53. The van der Waals surface area contributed by atoms with Crippen molar-refractivity contribution in [3.05, 3.63) is 29.8 Å². The molecule has 6 heteroatoms. The van der Waals surface area contributed by atoms with Gasteiger partial charge in [0.15, 0.2) is 0 Å². The zero-order chi connectivity index (χ0) is 13.4. The number of sulfonamides is 1. The number of para-hydroxylation sites is 1. The SMILES string of the molecule is COc1ccccc1CNS(=O)(=O)CCCCO. The van der Waals surface area contributed by atoms with Gasteiger partial charge in [0.25, 0.3) is 0 Å². The van der Waals surface area contributed by atoms with Crippen molar-refractivity contribution in [3.63, 3.8) is 0 Å². The van der Waals surface area contributed by atoms with Crippen LogP contribution in [0, 0.1) is 0 Å². The molecule has 0 aliphatic carbocycles. The highest BCUT2D eigenvalue weighted by Crippen LogP contribution is 2.16. The van der Waals surface area contributed by atoms with Crippen molar-refractivity contribution in [2.75, 3.05) is 19.5 Å². The van der Waals surface area contributed by atoms with E-state index in [2.05, 4.69) is 4.72 Å². The Morgan fingerprint density at radius 2 is 2.00 bits per heavy atom. The van der Waals surface area contributed by atoms with Gasteiger partial charge in [0.2, 0.25) is 10.0 Å². The number of rotatable bonds is 8. The molecule has 5 nitrogen and oxygen atoms in total.